The molecule has 3 nitrogen and oxygen atoms in total. The molecule has 0 saturated carbocycles. The Balaban J connectivity index is 2.10. The van der Waals surface area contributed by atoms with Crippen LogP contribution in [0.2, 0.25) is 0 Å². The standard InChI is InChI=1S/C10H15NO2S/c1-8-4-5-11-9(7-14(8)12)10-3-2-6-13-10/h2-3,6,8-9,11H,4-5,7H2,1H3. The first-order chi connectivity index (χ1) is 6.77. The zero-order valence-electron chi connectivity index (χ0n) is 8.23. The average Bonchev–Trinajstić information content (AvgIpc) is 2.63. The molecule has 1 aromatic rings. The molecule has 1 aliphatic rings. The lowest BCUT2D eigenvalue weighted by Crippen LogP contribution is -2.23. The maximum absolute atomic E-state index is 11.7. The van der Waals surface area contributed by atoms with E-state index in [0.29, 0.717) is 11.0 Å². The van der Waals surface area contributed by atoms with Crippen LogP contribution in [0, 0.1) is 0 Å². The highest BCUT2D eigenvalue weighted by Gasteiger charge is 2.23. The van der Waals surface area contributed by atoms with Crippen LogP contribution in [-0.2, 0) is 10.8 Å². The van der Waals surface area contributed by atoms with Crippen molar-refractivity contribution in [1.82, 2.24) is 5.32 Å². The molecule has 1 N–H and O–H groups in total. The number of hydrogen-bond donors (Lipinski definition) is 1. The second-order valence-electron chi connectivity index (χ2n) is 3.67. The Morgan fingerprint density at radius 3 is 3.21 bits per heavy atom. The minimum atomic E-state index is -0.740. The zero-order chi connectivity index (χ0) is 9.97. The van der Waals surface area contributed by atoms with E-state index >= 15 is 0 Å². The topological polar surface area (TPSA) is 42.2 Å². The highest BCUT2D eigenvalue weighted by Crippen LogP contribution is 2.19. The summed E-state index contributed by atoms with van der Waals surface area (Å²) in [5.41, 5.74) is 0. The molecule has 0 radical (unpaired) electrons. The zero-order valence-corrected chi connectivity index (χ0v) is 9.05. The van der Waals surface area contributed by atoms with Gasteiger partial charge in [0.2, 0.25) is 0 Å². The summed E-state index contributed by atoms with van der Waals surface area (Å²) < 4.78 is 17.1. The Morgan fingerprint density at radius 1 is 1.64 bits per heavy atom. The Kier molecular flexibility index (Phi) is 3.03. The first-order valence-electron chi connectivity index (χ1n) is 4.91. The summed E-state index contributed by atoms with van der Waals surface area (Å²) in [6, 6.07) is 3.93. The van der Waals surface area contributed by atoms with Crippen molar-refractivity contribution in [3.63, 3.8) is 0 Å². The summed E-state index contributed by atoms with van der Waals surface area (Å²) >= 11 is 0. The molecule has 2 heterocycles. The molecule has 3 unspecified atom stereocenters. The predicted molar refractivity (Wildman–Crippen MR) is 56.5 cm³/mol. The average molecular weight is 213 g/mol. The third-order valence-electron chi connectivity index (χ3n) is 2.61. The van der Waals surface area contributed by atoms with Crippen molar-refractivity contribution < 1.29 is 8.63 Å². The van der Waals surface area contributed by atoms with Gasteiger partial charge in [-0.2, -0.15) is 0 Å². The SMILES string of the molecule is CC1CCNC(c2ccco2)CS1=O. The molecule has 0 spiro atoms. The van der Waals surface area contributed by atoms with Gasteiger partial charge in [-0.3, -0.25) is 4.21 Å². The molecular weight excluding hydrogens is 198 g/mol. The van der Waals surface area contributed by atoms with Crippen LogP contribution in [0.3, 0.4) is 0 Å². The Labute approximate surface area is 86.3 Å². The van der Waals surface area contributed by atoms with E-state index in [1.807, 2.05) is 19.1 Å². The van der Waals surface area contributed by atoms with Gasteiger partial charge in [-0.25, -0.2) is 0 Å². The molecule has 4 heteroatoms. The van der Waals surface area contributed by atoms with Gasteiger partial charge in [0.25, 0.3) is 0 Å². The molecule has 1 fully saturated rings. The Hall–Kier alpha value is -0.610. The van der Waals surface area contributed by atoms with Crippen molar-refractivity contribution in [3.05, 3.63) is 24.2 Å². The van der Waals surface area contributed by atoms with Crippen LogP contribution < -0.4 is 5.32 Å². The van der Waals surface area contributed by atoms with Crippen LogP contribution in [0.15, 0.2) is 22.8 Å². The maximum Gasteiger partial charge on any atom is 0.121 e. The molecule has 2 rings (SSSR count). The van der Waals surface area contributed by atoms with Crippen molar-refractivity contribution in [2.75, 3.05) is 12.3 Å². The number of nitrogens with one attached hydrogen (secondary N) is 1. The predicted octanol–water partition coefficient (Wildman–Crippen LogP) is 1.45. The van der Waals surface area contributed by atoms with Gasteiger partial charge in [-0.05, 0) is 25.1 Å². The van der Waals surface area contributed by atoms with E-state index < -0.39 is 10.8 Å². The van der Waals surface area contributed by atoms with Gasteiger partial charge in [0.05, 0.1) is 12.3 Å². The summed E-state index contributed by atoms with van der Waals surface area (Å²) in [6.45, 7) is 2.96. The molecule has 0 aliphatic carbocycles. The van der Waals surface area contributed by atoms with Crippen LogP contribution in [0.1, 0.15) is 25.1 Å². The Morgan fingerprint density at radius 2 is 2.50 bits per heavy atom. The molecule has 0 amide bonds. The highest BCUT2D eigenvalue weighted by molar-refractivity contribution is 7.85. The molecule has 1 saturated heterocycles. The third-order valence-corrected chi connectivity index (χ3v) is 4.40. The van der Waals surface area contributed by atoms with Gasteiger partial charge in [0.1, 0.15) is 5.76 Å². The maximum atomic E-state index is 11.7. The lowest BCUT2D eigenvalue weighted by molar-refractivity contribution is 0.436. The molecule has 1 aromatic heterocycles. The molecule has 1 aliphatic heterocycles. The third kappa shape index (κ3) is 2.07. The summed E-state index contributed by atoms with van der Waals surface area (Å²) in [4.78, 5) is 0. The van der Waals surface area contributed by atoms with E-state index in [9.17, 15) is 4.21 Å². The molecule has 14 heavy (non-hydrogen) atoms. The molecule has 3 atom stereocenters. The van der Waals surface area contributed by atoms with E-state index in [-0.39, 0.29) is 6.04 Å². The van der Waals surface area contributed by atoms with E-state index in [4.69, 9.17) is 4.42 Å². The van der Waals surface area contributed by atoms with Crippen LogP contribution in [0.5, 0.6) is 0 Å². The lowest BCUT2D eigenvalue weighted by atomic mass is 10.2. The second kappa shape index (κ2) is 4.28. The monoisotopic (exact) mass is 213 g/mol. The molecular formula is C10H15NO2S. The van der Waals surface area contributed by atoms with Gasteiger partial charge in [-0.15, -0.1) is 0 Å². The van der Waals surface area contributed by atoms with E-state index in [1.54, 1.807) is 6.26 Å². The molecule has 0 aromatic carbocycles. The summed E-state index contributed by atoms with van der Waals surface area (Å²) in [6.07, 6.45) is 2.64. The quantitative estimate of drug-likeness (QED) is 0.767. The fourth-order valence-electron chi connectivity index (χ4n) is 1.65. The van der Waals surface area contributed by atoms with E-state index in [2.05, 4.69) is 5.32 Å². The smallest absolute Gasteiger partial charge is 0.121 e. The van der Waals surface area contributed by atoms with Crippen molar-refractivity contribution in [3.8, 4) is 0 Å². The first kappa shape index (κ1) is 9.93. The minimum Gasteiger partial charge on any atom is -0.468 e. The van der Waals surface area contributed by atoms with Crippen LogP contribution in [-0.4, -0.2) is 21.8 Å². The minimum absolute atomic E-state index is 0.121. The van der Waals surface area contributed by atoms with Crippen molar-refractivity contribution in [1.29, 1.82) is 0 Å². The van der Waals surface area contributed by atoms with Gasteiger partial charge in [0, 0.05) is 21.8 Å². The number of rotatable bonds is 1. The van der Waals surface area contributed by atoms with Crippen molar-refractivity contribution >= 4 is 10.8 Å². The first-order valence-corrected chi connectivity index (χ1v) is 6.29. The summed E-state index contributed by atoms with van der Waals surface area (Å²) in [5, 5.41) is 3.65. The summed E-state index contributed by atoms with van der Waals surface area (Å²) in [5.74, 6) is 1.56. The van der Waals surface area contributed by atoms with Gasteiger partial charge >= 0.3 is 0 Å². The van der Waals surface area contributed by atoms with Gasteiger partial charge in [-0.1, -0.05) is 6.92 Å². The normalized spacial score (nSPS) is 33.9. The molecule has 0 bridgehead atoms. The number of furan rings is 1. The molecule has 78 valence electrons. The van der Waals surface area contributed by atoms with Crippen LogP contribution >= 0.6 is 0 Å². The Bertz CT molecular complexity index is 310. The van der Waals surface area contributed by atoms with Crippen LogP contribution in [0.4, 0.5) is 0 Å². The highest BCUT2D eigenvalue weighted by atomic mass is 32.2. The van der Waals surface area contributed by atoms with Gasteiger partial charge in [0.15, 0.2) is 0 Å². The number of hydrogen-bond acceptors (Lipinski definition) is 3. The summed E-state index contributed by atoms with van der Waals surface area (Å²) in [7, 11) is -0.740. The van der Waals surface area contributed by atoms with Gasteiger partial charge < -0.3 is 9.73 Å². The van der Waals surface area contributed by atoms with E-state index in [0.717, 1.165) is 18.7 Å². The fourth-order valence-corrected chi connectivity index (χ4v) is 2.97. The largest absolute Gasteiger partial charge is 0.468 e. The lowest BCUT2D eigenvalue weighted by Gasteiger charge is -2.11. The van der Waals surface area contributed by atoms with Crippen molar-refractivity contribution in [2.45, 2.75) is 24.6 Å². The van der Waals surface area contributed by atoms with E-state index in [1.165, 1.54) is 0 Å². The second-order valence-corrected chi connectivity index (χ2v) is 5.57. The van der Waals surface area contributed by atoms with Crippen molar-refractivity contribution in [2.24, 2.45) is 0 Å². The fraction of sp³-hybridized carbons (Fsp3) is 0.600. The van der Waals surface area contributed by atoms with Crippen LogP contribution in [0.25, 0.3) is 0 Å².